The molecule has 1 aromatic heterocycles. The van der Waals surface area contributed by atoms with Crippen molar-refractivity contribution in [2.75, 3.05) is 24.5 Å². The average Bonchev–Trinajstić information content (AvgIpc) is 3.33. The van der Waals surface area contributed by atoms with E-state index in [2.05, 4.69) is 27.0 Å². The van der Waals surface area contributed by atoms with Gasteiger partial charge in [-0.05, 0) is 62.9 Å². The Morgan fingerprint density at radius 2 is 1.80 bits per heavy atom. The highest BCUT2D eigenvalue weighted by molar-refractivity contribution is 5.95. The molecule has 0 aliphatic carbocycles. The molecule has 5 nitrogen and oxygen atoms in total. The maximum Gasteiger partial charge on any atom is 0.254 e. The number of aromatic nitrogens is 2. The minimum atomic E-state index is 0.0625. The number of hydrogen-bond acceptors (Lipinski definition) is 4. The summed E-state index contributed by atoms with van der Waals surface area (Å²) in [5.74, 6) is 0.860. The Morgan fingerprint density at radius 3 is 2.52 bits per heavy atom. The molecule has 1 aromatic carbocycles. The lowest BCUT2D eigenvalue weighted by atomic mass is 10.1. The van der Waals surface area contributed by atoms with Gasteiger partial charge in [0, 0.05) is 37.1 Å². The van der Waals surface area contributed by atoms with Gasteiger partial charge < -0.3 is 9.80 Å². The van der Waals surface area contributed by atoms with Crippen LogP contribution in [0, 0.1) is 6.92 Å². The number of rotatable bonds is 3. The van der Waals surface area contributed by atoms with Crippen LogP contribution < -0.4 is 4.90 Å². The number of hydrogen-bond donors (Lipinski definition) is 0. The maximum atomic E-state index is 13.0. The number of aryl methyl sites for hydroxylation is 1. The van der Waals surface area contributed by atoms with E-state index in [0.717, 1.165) is 49.6 Å². The Bertz CT molecular complexity index is 753. The highest BCUT2D eigenvalue weighted by Crippen LogP contribution is 2.32. The lowest BCUT2D eigenvalue weighted by Crippen LogP contribution is -2.31. The molecule has 0 radical (unpaired) electrons. The first-order chi connectivity index (χ1) is 12.2. The summed E-state index contributed by atoms with van der Waals surface area (Å²) < 4.78 is 0. The van der Waals surface area contributed by atoms with Gasteiger partial charge in [0.05, 0.1) is 11.7 Å². The Hall–Kier alpha value is -2.43. The average molecular weight is 336 g/mol. The highest BCUT2D eigenvalue weighted by atomic mass is 16.2. The Kier molecular flexibility index (Phi) is 4.38. The SMILES string of the molecule is Cc1nccc(C2CCCN2C(=O)c2ccc(N3CCCC3)cc2)n1. The van der Waals surface area contributed by atoms with E-state index in [-0.39, 0.29) is 11.9 Å². The van der Waals surface area contributed by atoms with Crippen LogP contribution >= 0.6 is 0 Å². The van der Waals surface area contributed by atoms with Crippen molar-refractivity contribution in [1.82, 2.24) is 14.9 Å². The van der Waals surface area contributed by atoms with Crippen LogP contribution in [0.15, 0.2) is 36.5 Å². The van der Waals surface area contributed by atoms with Gasteiger partial charge in [0.1, 0.15) is 5.82 Å². The van der Waals surface area contributed by atoms with E-state index in [4.69, 9.17) is 0 Å². The zero-order chi connectivity index (χ0) is 17.2. The van der Waals surface area contributed by atoms with Crippen LogP contribution in [0.25, 0.3) is 0 Å². The summed E-state index contributed by atoms with van der Waals surface area (Å²) in [4.78, 5) is 26.1. The van der Waals surface area contributed by atoms with Crippen LogP contribution in [0.4, 0.5) is 5.69 Å². The van der Waals surface area contributed by atoms with Gasteiger partial charge >= 0.3 is 0 Å². The van der Waals surface area contributed by atoms with Gasteiger partial charge in [-0.3, -0.25) is 4.79 Å². The smallest absolute Gasteiger partial charge is 0.254 e. The number of benzene rings is 1. The van der Waals surface area contributed by atoms with E-state index in [1.165, 1.54) is 18.5 Å². The summed E-state index contributed by atoms with van der Waals surface area (Å²) in [5, 5.41) is 0. The van der Waals surface area contributed by atoms with Crippen molar-refractivity contribution >= 4 is 11.6 Å². The molecule has 2 saturated heterocycles. The second-order valence-electron chi connectivity index (χ2n) is 6.93. The first kappa shape index (κ1) is 16.1. The maximum absolute atomic E-state index is 13.0. The number of anilines is 1. The van der Waals surface area contributed by atoms with Crippen molar-refractivity contribution in [1.29, 1.82) is 0 Å². The topological polar surface area (TPSA) is 49.3 Å². The fourth-order valence-electron chi connectivity index (χ4n) is 3.93. The molecule has 130 valence electrons. The second kappa shape index (κ2) is 6.82. The largest absolute Gasteiger partial charge is 0.372 e. The second-order valence-corrected chi connectivity index (χ2v) is 6.93. The van der Waals surface area contributed by atoms with Crippen molar-refractivity contribution in [2.24, 2.45) is 0 Å². The van der Waals surface area contributed by atoms with E-state index in [1.54, 1.807) is 6.20 Å². The van der Waals surface area contributed by atoms with Crippen molar-refractivity contribution in [3.63, 3.8) is 0 Å². The van der Waals surface area contributed by atoms with Crippen LogP contribution in [-0.4, -0.2) is 40.4 Å². The number of likely N-dealkylation sites (tertiary alicyclic amines) is 1. The number of carbonyl (C=O) groups excluding carboxylic acids is 1. The molecule has 1 atom stereocenters. The lowest BCUT2D eigenvalue weighted by Gasteiger charge is -2.25. The van der Waals surface area contributed by atoms with Gasteiger partial charge in [0.25, 0.3) is 5.91 Å². The first-order valence-corrected chi connectivity index (χ1v) is 9.18. The van der Waals surface area contributed by atoms with Crippen LogP contribution in [0.5, 0.6) is 0 Å². The van der Waals surface area contributed by atoms with Crippen LogP contribution in [0.1, 0.15) is 53.6 Å². The van der Waals surface area contributed by atoms with Crippen LogP contribution in [0.2, 0.25) is 0 Å². The third-order valence-electron chi connectivity index (χ3n) is 5.24. The van der Waals surface area contributed by atoms with Gasteiger partial charge in [-0.2, -0.15) is 0 Å². The molecule has 25 heavy (non-hydrogen) atoms. The molecular formula is C20H24N4O. The van der Waals surface area contributed by atoms with E-state index >= 15 is 0 Å². The normalized spacial score (nSPS) is 20.3. The Morgan fingerprint density at radius 1 is 1.04 bits per heavy atom. The summed E-state index contributed by atoms with van der Waals surface area (Å²) in [6.07, 6.45) is 6.28. The zero-order valence-corrected chi connectivity index (χ0v) is 14.7. The van der Waals surface area contributed by atoms with Gasteiger partial charge in [-0.25, -0.2) is 9.97 Å². The summed E-state index contributed by atoms with van der Waals surface area (Å²) in [7, 11) is 0. The molecule has 0 N–H and O–H groups in total. The number of amides is 1. The Balaban J connectivity index is 1.53. The van der Waals surface area contributed by atoms with Crippen molar-refractivity contribution < 1.29 is 4.79 Å². The molecule has 3 heterocycles. The predicted octanol–water partition coefficient (Wildman–Crippen LogP) is 3.36. The minimum Gasteiger partial charge on any atom is -0.372 e. The van der Waals surface area contributed by atoms with E-state index < -0.39 is 0 Å². The molecule has 2 aromatic rings. The molecule has 5 heteroatoms. The fourth-order valence-corrected chi connectivity index (χ4v) is 3.93. The molecule has 1 unspecified atom stereocenters. The fraction of sp³-hybridized carbons (Fsp3) is 0.450. The molecule has 1 amide bonds. The molecule has 2 aliphatic rings. The summed E-state index contributed by atoms with van der Waals surface area (Å²) in [5.41, 5.74) is 2.94. The molecule has 0 spiro atoms. The summed E-state index contributed by atoms with van der Waals surface area (Å²) >= 11 is 0. The summed E-state index contributed by atoms with van der Waals surface area (Å²) in [6.45, 7) is 4.92. The number of carbonyl (C=O) groups is 1. The van der Waals surface area contributed by atoms with E-state index in [0.29, 0.717) is 0 Å². The zero-order valence-electron chi connectivity index (χ0n) is 14.7. The monoisotopic (exact) mass is 336 g/mol. The van der Waals surface area contributed by atoms with Crippen molar-refractivity contribution in [3.8, 4) is 0 Å². The molecule has 4 rings (SSSR count). The van der Waals surface area contributed by atoms with Gasteiger partial charge in [-0.15, -0.1) is 0 Å². The first-order valence-electron chi connectivity index (χ1n) is 9.18. The van der Waals surface area contributed by atoms with E-state index in [1.807, 2.05) is 30.0 Å². The number of nitrogens with zero attached hydrogens (tertiary/aromatic N) is 4. The molecular weight excluding hydrogens is 312 g/mol. The van der Waals surface area contributed by atoms with Crippen molar-refractivity contribution in [3.05, 3.63) is 53.6 Å². The standard InChI is InChI=1S/C20H24N4O/c1-15-21-11-10-18(22-15)19-5-4-14-24(19)20(25)16-6-8-17(9-7-16)23-12-2-3-13-23/h6-11,19H,2-5,12-14H2,1H3. The van der Waals surface area contributed by atoms with Crippen LogP contribution in [-0.2, 0) is 0 Å². The van der Waals surface area contributed by atoms with E-state index in [9.17, 15) is 4.79 Å². The van der Waals surface area contributed by atoms with Gasteiger partial charge in [-0.1, -0.05) is 0 Å². The third-order valence-corrected chi connectivity index (χ3v) is 5.24. The third kappa shape index (κ3) is 3.23. The Labute approximate surface area is 148 Å². The predicted molar refractivity (Wildman–Crippen MR) is 97.7 cm³/mol. The summed E-state index contributed by atoms with van der Waals surface area (Å²) in [6, 6.07) is 10.1. The molecule has 0 bridgehead atoms. The molecule has 2 fully saturated rings. The lowest BCUT2D eigenvalue weighted by molar-refractivity contribution is 0.0732. The molecule has 2 aliphatic heterocycles. The highest BCUT2D eigenvalue weighted by Gasteiger charge is 2.31. The van der Waals surface area contributed by atoms with Crippen molar-refractivity contribution in [2.45, 2.75) is 38.6 Å². The minimum absolute atomic E-state index is 0.0625. The molecule has 0 saturated carbocycles. The van der Waals surface area contributed by atoms with Crippen LogP contribution in [0.3, 0.4) is 0 Å². The van der Waals surface area contributed by atoms with Gasteiger partial charge in [0.15, 0.2) is 0 Å². The van der Waals surface area contributed by atoms with Gasteiger partial charge in [0.2, 0.25) is 0 Å². The quantitative estimate of drug-likeness (QED) is 0.862.